The Morgan fingerprint density at radius 2 is 1.93 bits per heavy atom. The third kappa shape index (κ3) is 3.17. The van der Waals surface area contributed by atoms with Gasteiger partial charge in [-0.1, -0.05) is 0 Å². The molecule has 0 bridgehead atoms. The SMILES string of the molecule is C[C@H](N[S+]([O-])C(C)(C)C)[C@@H]1CC1(Cl)Cl. The van der Waals surface area contributed by atoms with Crippen molar-refractivity contribution in [1.29, 1.82) is 0 Å². The fourth-order valence-electron chi connectivity index (χ4n) is 1.20. The molecule has 0 aromatic rings. The molecule has 0 aromatic heterocycles. The highest BCUT2D eigenvalue weighted by molar-refractivity contribution is 7.90. The van der Waals surface area contributed by atoms with E-state index in [0.29, 0.717) is 0 Å². The fourth-order valence-corrected chi connectivity index (χ4v) is 2.77. The average molecular weight is 258 g/mol. The zero-order valence-corrected chi connectivity index (χ0v) is 11.3. The van der Waals surface area contributed by atoms with Gasteiger partial charge in [0.15, 0.2) is 0 Å². The van der Waals surface area contributed by atoms with Crippen LogP contribution in [0.1, 0.15) is 34.1 Å². The molecular weight excluding hydrogens is 241 g/mol. The predicted octanol–water partition coefficient (Wildman–Crippen LogP) is 2.62. The van der Waals surface area contributed by atoms with Crippen molar-refractivity contribution in [2.45, 2.75) is 49.2 Å². The van der Waals surface area contributed by atoms with Gasteiger partial charge in [-0.25, -0.2) is 0 Å². The van der Waals surface area contributed by atoms with Crippen LogP contribution in [0.3, 0.4) is 0 Å². The first-order valence-electron chi connectivity index (χ1n) is 4.70. The minimum Gasteiger partial charge on any atom is -0.598 e. The van der Waals surface area contributed by atoms with Crippen molar-refractivity contribution in [2.24, 2.45) is 5.92 Å². The van der Waals surface area contributed by atoms with Crippen LogP contribution in [0.15, 0.2) is 0 Å². The molecule has 0 aliphatic heterocycles. The lowest BCUT2D eigenvalue weighted by Crippen LogP contribution is -2.44. The molecule has 84 valence electrons. The summed E-state index contributed by atoms with van der Waals surface area (Å²) in [6.45, 7) is 7.78. The molecule has 0 amide bonds. The van der Waals surface area contributed by atoms with Crippen LogP contribution in [0.4, 0.5) is 0 Å². The van der Waals surface area contributed by atoms with Crippen molar-refractivity contribution in [3.63, 3.8) is 0 Å². The van der Waals surface area contributed by atoms with E-state index in [1.165, 1.54) is 0 Å². The second-order valence-corrected chi connectivity index (χ2v) is 8.40. The summed E-state index contributed by atoms with van der Waals surface area (Å²) in [7, 11) is 0. The van der Waals surface area contributed by atoms with Gasteiger partial charge >= 0.3 is 0 Å². The van der Waals surface area contributed by atoms with E-state index in [1.807, 2.05) is 27.7 Å². The highest BCUT2D eigenvalue weighted by Gasteiger charge is 2.55. The van der Waals surface area contributed by atoms with Crippen LogP contribution < -0.4 is 4.72 Å². The van der Waals surface area contributed by atoms with Crippen molar-refractivity contribution in [3.05, 3.63) is 0 Å². The molecule has 0 spiro atoms. The Morgan fingerprint density at radius 3 is 2.21 bits per heavy atom. The third-order valence-corrected chi connectivity index (χ3v) is 4.89. The fraction of sp³-hybridized carbons (Fsp3) is 1.00. The summed E-state index contributed by atoms with van der Waals surface area (Å²) in [5, 5.41) is 0. The summed E-state index contributed by atoms with van der Waals surface area (Å²) < 4.78 is 13.9. The summed E-state index contributed by atoms with van der Waals surface area (Å²) >= 11 is 10.8. The van der Waals surface area contributed by atoms with Crippen LogP contribution in [-0.4, -0.2) is 19.7 Å². The van der Waals surface area contributed by atoms with E-state index in [1.54, 1.807) is 0 Å². The molecule has 1 aliphatic carbocycles. The van der Waals surface area contributed by atoms with Crippen molar-refractivity contribution in [2.75, 3.05) is 0 Å². The molecule has 1 rings (SSSR count). The van der Waals surface area contributed by atoms with E-state index in [9.17, 15) is 4.55 Å². The van der Waals surface area contributed by atoms with Crippen molar-refractivity contribution >= 4 is 34.6 Å². The Kier molecular flexibility index (Phi) is 3.71. The molecule has 3 atom stereocenters. The van der Waals surface area contributed by atoms with Gasteiger partial charge in [-0.15, -0.1) is 27.9 Å². The zero-order chi connectivity index (χ0) is 11.1. The molecule has 0 heterocycles. The Hall–Kier alpha value is 0.850. The Bertz CT molecular complexity index is 217. The van der Waals surface area contributed by atoms with Gasteiger partial charge < -0.3 is 4.55 Å². The normalized spacial score (nSPS) is 29.8. The van der Waals surface area contributed by atoms with E-state index in [2.05, 4.69) is 4.72 Å². The molecule has 0 saturated heterocycles. The quantitative estimate of drug-likeness (QED) is 0.624. The molecule has 1 saturated carbocycles. The van der Waals surface area contributed by atoms with Gasteiger partial charge in [-0.05, 0) is 34.1 Å². The Balaban J connectivity index is 2.39. The minimum atomic E-state index is -1.05. The second kappa shape index (κ2) is 4.02. The summed E-state index contributed by atoms with van der Waals surface area (Å²) in [5.74, 6) is 0.220. The maximum atomic E-state index is 11.7. The van der Waals surface area contributed by atoms with Crippen LogP contribution in [0, 0.1) is 5.92 Å². The molecule has 14 heavy (non-hydrogen) atoms. The molecular formula is C9H17Cl2NOS. The first-order chi connectivity index (χ1) is 6.14. The summed E-state index contributed by atoms with van der Waals surface area (Å²) in [4.78, 5) is 0. The molecule has 1 N–H and O–H groups in total. The molecule has 1 unspecified atom stereocenters. The molecule has 1 aliphatic rings. The van der Waals surface area contributed by atoms with Crippen LogP contribution in [-0.2, 0) is 11.4 Å². The zero-order valence-electron chi connectivity index (χ0n) is 8.93. The number of rotatable bonds is 3. The van der Waals surface area contributed by atoms with E-state index < -0.39 is 15.7 Å². The lowest BCUT2D eigenvalue weighted by molar-refractivity contribution is 0.509. The number of hydrogen-bond donors (Lipinski definition) is 1. The first kappa shape index (κ1) is 12.9. The van der Waals surface area contributed by atoms with Gasteiger partial charge in [0.05, 0.1) is 6.04 Å². The smallest absolute Gasteiger partial charge is 0.136 e. The summed E-state index contributed by atoms with van der Waals surface area (Å²) in [6, 6.07) is 0.102. The van der Waals surface area contributed by atoms with Gasteiger partial charge in [-0.3, -0.25) is 0 Å². The standard InChI is InChI=1S/C9H17Cl2NOS/c1-6(7-5-9(7,10)11)12-14(13)8(2,3)4/h6-7,12H,5H2,1-4H3/t6-,7-,14?/m0/s1. The van der Waals surface area contributed by atoms with Crippen LogP contribution >= 0.6 is 23.2 Å². The van der Waals surface area contributed by atoms with Crippen LogP contribution in [0.2, 0.25) is 0 Å². The maximum Gasteiger partial charge on any atom is 0.136 e. The van der Waals surface area contributed by atoms with Crippen molar-refractivity contribution < 1.29 is 4.55 Å². The van der Waals surface area contributed by atoms with Gasteiger partial charge in [0.25, 0.3) is 0 Å². The van der Waals surface area contributed by atoms with Gasteiger partial charge in [0.1, 0.15) is 9.08 Å². The van der Waals surface area contributed by atoms with Gasteiger partial charge in [-0.2, -0.15) is 0 Å². The van der Waals surface area contributed by atoms with E-state index in [-0.39, 0.29) is 16.7 Å². The number of halogens is 2. The van der Waals surface area contributed by atoms with Crippen LogP contribution in [0.5, 0.6) is 0 Å². The molecule has 0 aromatic carbocycles. The largest absolute Gasteiger partial charge is 0.598 e. The Labute approximate surface area is 99.0 Å². The molecule has 5 heteroatoms. The topological polar surface area (TPSA) is 35.1 Å². The predicted molar refractivity (Wildman–Crippen MR) is 63.0 cm³/mol. The summed E-state index contributed by atoms with van der Waals surface area (Å²) in [6.07, 6.45) is 0.783. The third-order valence-electron chi connectivity index (χ3n) is 2.33. The van der Waals surface area contributed by atoms with Gasteiger partial charge in [0.2, 0.25) is 0 Å². The van der Waals surface area contributed by atoms with E-state index in [0.717, 1.165) is 6.42 Å². The van der Waals surface area contributed by atoms with Crippen LogP contribution in [0.25, 0.3) is 0 Å². The maximum absolute atomic E-state index is 11.7. The highest BCUT2D eigenvalue weighted by Crippen LogP contribution is 2.54. The molecule has 0 radical (unpaired) electrons. The minimum absolute atomic E-state index is 0.102. The van der Waals surface area contributed by atoms with Crippen molar-refractivity contribution in [3.8, 4) is 0 Å². The van der Waals surface area contributed by atoms with E-state index in [4.69, 9.17) is 23.2 Å². The Morgan fingerprint density at radius 1 is 1.50 bits per heavy atom. The number of hydrogen-bond acceptors (Lipinski definition) is 2. The second-order valence-electron chi connectivity index (χ2n) is 4.86. The van der Waals surface area contributed by atoms with Gasteiger partial charge in [0, 0.05) is 17.3 Å². The molecule has 1 fully saturated rings. The average Bonchev–Trinajstić information content (AvgIpc) is 2.57. The number of nitrogens with one attached hydrogen (secondary N) is 1. The lowest BCUT2D eigenvalue weighted by atomic mass is 10.2. The summed E-state index contributed by atoms with van der Waals surface area (Å²) in [5.41, 5.74) is 0. The highest BCUT2D eigenvalue weighted by atomic mass is 35.5. The van der Waals surface area contributed by atoms with Crippen molar-refractivity contribution in [1.82, 2.24) is 4.72 Å². The first-order valence-corrected chi connectivity index (χ1v) is 6.61. The van der Waals surface area contributed by atoms with E-state index >= 15 is 0 Å². The molecule has 2 nitrogen and oxygen atoms in total. The lowest BCUT2D eigenvalue weighted by Gasteiger charge is -2.26. The number of alkyl halides is 2. The monoisotopic (exact) mass is 257 g/mol.